The van der Waals surface area contributed by atoms with Crippen LogP contribution in [0.1, 0.15) is 10.4 Å². The van der Waals surface area contributed by atoms with Crippen molar-refractivity contribution in [3.05, 3.63) is 103 Å². The van der Waals surface area contributed by atoms with Crippen molar-refractivity contribution in [1.82, 2.24) is 15.0 Å². The Morgan fingerprint density at radius 1 is 0.763 bits per heavy atom. The van der Waals surface area contributed by atoms with Gasteiger partial charge in [-0.2, -0.15) is 0 Å². The number of anilines is 4. The fraction of sp³-hybridized carbons (Fsp3) is 0.133. The Labute approximate surface area is 220 Å². The van der Waals surface area contributed by atoms with Gasteiger partial charge in [0.25, 0.3) is 5.91 Å². The minimum atomic E-state index is -0.173. The van der Waals surface area contributed by atoms with E-state index in [0.717, 1.165) is 59.8 Å². The smallest absolute Gasteiger partial charge is 0.255 e. The number of nitrogens with two attached hydrogens (primary N) is 1. The van der Waals surface area contributed by atoms with Crippen LogP contribution in [0.25, 0.3) is 22.2 Å². The van der Waals surface area contributed by atoms with E-state index in [2.05, 4.69) is 31.2 Å². The maximum absolute atomic E-state index is 12.5. The first-order chi connectivity index (χ1) is 18.6. The summed E-state index contributed by atoms with van der Waals surface area (Å²) >= 11 is 0. The zero-order chi connectivity index (χ0) is 25.9. The normalized spacial score (nSPS) is 13.5. The molecule has 1 saturated heterocycles. The lowest BCUT2D eigenvalue weighted by Gasteiger charge is -2.36. The molecular weight excluding hydrogens is 474 g/mol. The number of carbonyl (C=O) groups is 1. The number of nitrogens with zero attached hydrogens (tertiary/aromatic N) is 5. The van der Waals surface area contributed by atoms with Crippen LogP contribution in [-0.4, -0.2) is 47.0 Å². The molecule has 8 heteroatoms. The first-order valence-electron chi connectivity index (χ1n) is 12.6. The molecule has 0 bridgehead atoms. The Morgan fingerprint density at radius 3 is 2.18 bits per heavy atom. The molecule has 2 aromatic heterocycles. The fourth-order valence-corrected chi connectivity index (χ4v) is 4.67. The Kier molecular flexibility index (Phi) is 6.27. The zero-order valence-corrected chi connectivity index (χ0v) is 20.8. The lowest BCUT2D eigenvalue weighted by molar-refractivity contribution is 0.102. The summed E-state index contributed by atoms with van der Waals surface area (Å²) in [5.74, 6) is 0.720. The fourth-order valence-electron chi connectivity index (χ4n) is 4.67. The average Bonchev–Trinajstić information content (AvgIpc) is 2.98. The average molecular weight is 502 g/mol. The SMILES string of the molecule is Nc1ccc(C(=O)Nc2ccc(-c3ccc4ncc(N5CCN(c6ccncc6)CC5)nc4c3)cc2)cc1. The Hall–Kier alpha value is -4.98. The summed E-state index contributed by atoms with van der Waals surface area (Å²) in [5.41, 5.74) is 12.6. The van der Waals surface area contributed by atoms with Crippen molar-refractivity contribution in [1.29, 1.82) is 0 Å². The Morgan fingerprint density at radius 2 is 1.45 bits per heavy atom. The van der Waals surface area contributed by atoms with Crippen molar-refractivity contribution < 1.29 is 4.79 Å². The lowest BCUT2D eigenvalue weighted by atomic mass is 10.0. The molecular formula is C30H27N7O. The predicted molar refractivity (Wildman–Crippen MR) is 152 cm³/mol. The molecule has 8 nitrogen and oxygen atoms in total. The third-order valence-electron chi connectivity index (χ3n) is 6.81. The van der Waals surface area contributed by atoms with Gasteiger partial charge >= 0.3 is 0 Å². The Bertz CT molecular complexity index is 1560. The molecule has 5 aromatic rings. The molecule has 0 saturated carbocycles. The van der Waals surface area contributed by atoms with Crippen LogP contribution in [0, 0.1) is 0 Å². The maximum atomic E-state index is 12.5. The summed E-state index contributed by atoms with van der Waals surface area (Å²) in [7, 11) is 0. The van der Waals surface area contributed by atoms with Crippen molar-refractivity contribution in [2.45, 2.75) is 0 Å². The highest BCUT2D eigenvalue weighted by Gasteiger charge is 2.19. The number of nitrogen functional groups attached to an aromatic ring is 1. The van der Waals surface area contributed by atoms with E-state index in [0.29, 0.717) is 11.3 Å². The third-order valence-corrected chi connectivity index (χ3v) is 6.81. The molecule has 0 spiro atoms. The van der Waals surface area contributed by atoms with Gasteiger partial charge in [-0.3, -0.25) is 14.8 Å². The molecule has 1 aliphatic rings. The van der Waals surface area contributed by atoms with E-state index in [4.69, 9.17) is 10.7 Å². The van der Waals surface area contributed by atoms with Crippen molar-refractivity contribution in [3.63, 3.8) is 0 Å². The summed E-state index contributed by atoms with van der Waals surface area (Å²) in [6, 6.07) is 24.9. The highest BCUT2D eigenvalue weighted by Crippen LogP contribution is 2.26. The molecule has 1 fully saturated rings. The number of pyridine rings is 1. The van der Waals surface area contributed by atoms with Crippen LogP contribution >= 0.6 is 0 Å². The number of aromatic nitrogens is 3. The van der Waals surface area contributed by atoms with Gasteiger partial charge in [0.1, 0.15) is 5.82 Å². The summed E-state index contributed by atoms with van der Waals surface area (Å²) < 4.78 is 0. The molecule has 0 radical (unpaired) electrons. The van der Waals surface area contributed by atoms with Crippen LogP contribution in [0.4, 0.5) is 22.9 Å². The van der Waals surface area contributed by atoms with Crippen molar-refractivity contribution in [2.75, 3.05) is 47.0 Å². The molecule has 3 N–H and O–H groups in total. The monoisotopic (exact) mass is 501 g/mol. The first kappa shape index (κ1) is 23.4. The number of fused-ring (bicyclic) bond motifs is 1. The van der Waals surface area contributed by atoms with Crippen LogP contribution in [0.5, 0.6) is 0 Å². The van der Waals surface area contributed by atoms with E-state index in [9.17, 15) is 4.79 Å². The highest BCUT2D eigenvalue weighted by atomic mass is 16.1. The molecule has 3 heterocycles. The molecule has 38 heavy (non-hydrogen) atoms. The van der Waals surface area contributed by atoms with Gasteiger partial charge in [-0.05, 0) is 71.8 Å². The van der Waals surface area contributed by atoms with Gasteiger partial charge in [0.2, 0.25) is 0 Å². The van der Waals surface area contributed by atoms with Crippen LogP contribution in [-0.2, 0) is 0 Å². The van der Waals surface area contributed by atoms with E-state index in [1.165, 1.54) is 5.69 Å². The number of benzene rings is 3. The van der Waals surface area contributed by atoms with Crippen LogP contribution < -0.4 is 20.9 Å². The van der Waals surface area contributed by atoms with E-state index in [1.54, 1.807) is 24.3 Å². The summed E-state index contributed by atoms with van der Waals surface area (Å²) in [4.78, 5) is 30.9. The van der Waals surface area contributed by atoms with E-state index in [1.807, 2.05) is 67.1 Å². The number of carbonyl (C=O) groups excluding carboxylic acids is 1. The van der Waals surface area contributed by atoms with Gasteiger partial charge in [-0.25, -0.2) is 4.98 Å². The standard InChI is InChI=1S/C30H27N7O/c31-24-6-1-22(2-7-24)30(38)34-25-8-3-21(4-9-25)23-5-10-27-28(19-23)35-29(20-33-27)37-17-15-36(16-18-37)26-11-13-32-14-12-26/h1-14,19-20H,15-18,31H2,(H,34,38). The van der Waals surface area contributed by atoms with Crippen molar-refractivity contribution in [3.8, 4) is 11.1 Å². The van der Waals surface area contributed by atoms with Gasteiger partial charge in [-0.15, -0.1) is 0 Å². The van der Waals surface area contributed by atoms with Gasteiger partial charge in [0.05, 0.1) is 17.2 Å². The zero-order valence-electron chi connectivity index (χ0n) is 20.8. The van der Waals surface area contributed by atoms with E-state index in [-0.39, 0.29) is 5.91 Å². The molecule has 0 atom stereocenters. The third kappa shape index (κ3) is 4.97. The molecule has 0 aliphatic carbocycles. The minimum absolute atomic E-state index is 0.173. The van der Waals surface area contributed by atoms with E-state index < -0.39 is 0 Å². The summed E-state index contributed by atoms with van der Waals surface area (Å²) in [6.45, 7) is 3.60. The second-order valence-corrected chi connectivity index (χ2v) is 9.26. The van der Waals surface area contributed by atoms with Gasteiger partial charge < -0.3 is 20.9 Å². The summed E-state index contributed by atoms with van der Waals surface area (Å²) in [5, 5.41) is 2.93. The Balaban J connectivity index is 1.15. The quantitative estimate of drug-likeness (QED) is 0.332. The second kappa shape index (κ2) is 10.2. The molecule has 188 valence electrons. The van der Waals surface area contributed by atoms with Crippen molar-refractivity contribution in [2.24, 2.45) is 0 Å². The first-order valence-corrected chi connectivity index (χ1v) is 12.6. The van der Waals surface area contributed by atoms with Crippen LogP contribution in [0.3, 0.4) is 0 Å². The molecule has 0 unspecified atom stereocenters. The lowest BCUT2D eigenvalue weighted by Crippen LogP contribution is -2.46. The topological polar surface area (TPSA) is 100 Å². The number of rotatable bonds is 5. The molecule has 6 rings (SSSR count). The van der Waals surface area contributed by atoms with Gasteiger partial charge in [-0.1, -0.05) is 18.2 Å². The molecule has 3 aromatic carbocycles. The maximum Gasteiger partial charge on any atom is 0.255 e. The number of hydrogen-bond acceptors (Lipinski definition) is 7. The van der Waals surface area contributed by atoms with Crippen LogP contribution in [0.15, 0.2) is 97.5 Å². The molecule has 1 amide bonds. The van der Waals surface area contributed by atoms with Gasteiger partial charge in [0, 0.05) is 61.2 Å². The van der Waals surface area contributed by atoms with Gasteiger partial charge in [0.15, 0.2) is 0 Å². The second-order valence-electron chi connectivity index (χ2n) is 9.26. The van der Waals surface area contributed by atoms with Crippen molar-refractivity contribution >= 4 is 39.8 Å². The highest BCUT2D eigenvalue weighted by molar-refractivity contribution is 6.04. The summed E-state index contributed by atoms with van der Waals surface area (Å²) in [6.07, 6.45) is 5.53. The minimum Gasteiger partial charge on any atom is -0.399 e. The largest absolute Gasteiger partial charge is 0.399 e. The molecule has 1 aliphatic heterocycles. The number of amides is 1. The predicted octanol–water partition coefficient (Wildman–Crippen LogP) is 4.85. The number of piperazine rings is 1. The van der Waals surface area contributed by atoms with E-state index >= 15 is 0 Å². The van der Waals surface area contributed by atoms with Crippen LogP contribution in [0.2, 0.25) is 0 Å². The number of nitrogens with one attached hydrogen (secondary N) is 1. The number of hydrogen-bond donors (Lipinski definition) is 2.